The summed E-state index contributed by atoms with van der Waals surface area (Å²) in [6.07, 6.45) is 1.81. The minimum absolute atomic E-state index is 0.0880. The van der Waals surface area contributed by atoms with E-state index in [9.17, 15) is 9.59 Å². The quantitative estimate of drug-likeness (QED) is 0.736. The summed E-state index contributed by atoms with van der Waals surface area (Å²) in [6.45, 7) is 0.307. The molecule has 3 rings (SSSR count). The normalized spacial score (nSPS) is 10.8. The van der Waals surface area contributed by atoms with Gasteiger partial charge < -0.3 is 14.2 Å². The van der Waals surface area contributed by atoms with Crippen molar-refractivity contribution < 1.29 is 19.4 Å². The number of aromatic nitrogens is 1. The lowest BCUT2D eigenvalue weighted by atomic mass is 10.0. The third-order valence-electron chi connectivity index (χ3n) is 3.65. The molecule has 116 valence electrons. The predicted molar refractivity (Wildman–Crippen MR) is 84.9 cm³/mol. The van der Waals surface area contributed by atoms with Crippen molar-refractivity contribution in [3.8, 4) is 0 Å². The van der Waals surface area contributed by atoms with Gasteiger partial charge in [0, 0.05) is 30.0 Å². The van der Waals surface area contributed by atoms with E-state index in [1.54, 1.807) is 23.6 Å². The molecule has 0 aliphatic rings. The fourth-order valence-corrected chi connectivity index (χ4v) is 2.63. The van der Waals surface area contributed by atoms with Gasteiger partial charge in [0.1, 0.15) is 0 Å². The van der Waals surface area contributed by atoms with Crippen molar-refractivity contribution in [2.75, 3.05) is 7.11 Å². The summed E-state index contributed by atoms with van der Waals surface area (Å²) in [5.74, 6) is -1.29. The van der Waals surface area contributed by atoms with Crippen molar-refractivity contribution in [3.63, 3.8) is 0 Å². The van der Waals surface area contributed by atoms with Crippen LogP contribution >= 0.6 is 0 Å². The number of hydrogen-bond donors (Lipinski definition) is 1. The summed E-state index contributed by atoms with van der Waals surface area (Å²) in [4.78, 5) is 24.0. The summed E-state index contributed by atoms with van der Waals surface area (Å²) >= 11 is 0. The predicted octanol–water partition coefficient (Wildman–Crippen LogP) is 3.01. The summed E-state index contributed by atoms with van der Waals surface area (Å²) in [5, 5.41) is 9.10. The highest BCUT2D eigenvalue weighted by Crippen LogP contribution is 2.21. The Morgan fingerprint density at radius 1 is 1.09 bits per heavy atom. The maximum absolute atomic E-state index is 12.9. The average Bonchev–Trinajstić information content (AvgIpc) is 2.92. The maximum Gasteiger partial charge on any atom is 0.335 e. The van der Waals surface area contributed by atoms with Gasteiger partial charge in [-0.05, 0) is 30.3 Å². The molecular formula is C18H15NO4. The fraction of sp³-hybridized carbons (Fsp3) is 0.111. The second kappa shape index (κ2) is 6.06. The van der Waals surface area contributed by atoms with Gasteiger partial charge in [-0.15, -0.1) is 0 Å². The second-order valence-electron chi connectivity index (χ2n) is 5.16. The SMILES string of the molecule is COCc1cc2ccccn2c1C(=O)c1cccc(C(=O)O)c1. The Hall–Kier alpha value is -2.92. The van der Waals surface area contributed by atoms with Gasteiger partial charge in [-0.1, -0.05) is 18.2 Å². The molecule has 0 bridgehead atoms. The number of pyridine rings is 1. The molecule has 0 atom stereocenters. The first kappa shape index (κ1) is 15.0. The Labute approximate surface area is 132 Å². The molecule has 1 aromatic carbocycles. The van der Waals surface area contributed by atoms with Crippen LogP contribution in [0.4, 0.5) is 0 Å². The van der Waals surface area contributed by atoms with Gasteiger partial charge >= 0.3 is 5.97 Å². The highest BCUT2D eigenvalue weighted by molar-refractivity contribution is 6.10. The summed E-state index contributed by atoms with van der Waals surface area (Å²) in [6, 6.07) is 13.6. The molecule has 3 aromatic rings. The van der Waals surface area contributed by atoms with Crippen molar-refractivity contribution in [2.45, 2.75) is 6.61 Å². The van der Waals surface area contributed by atoms with Gasteiger partial charge in [-0.2, -0.15) is 0 Å². The summed E-state index contributed by atoms with van der Waals surface area (Å²) in [7, 11) is 1.57. The molecule has 2 heterocycles. The molecule has 0 saturated carbocycles. The van der Waals surface area contributed by atoms with E-state index in [0.29, 0.717) is 17.9 Å². The molecule has 5 nitrogen and oxygen atoms in total. The van der Waals surface area contributed by atoms with Crippen LogP contribution in [0, 0.1) is 0 Å². The lowest BCUT2D eigenvalue weighted by Gasteiger charge is -2.06. The van der Waals surface area contributed by atoms with E-state index in [4.69, 9.17) is 9.84 Å². The zero-order chi connectivity index (χ0) is 16.4. The molecule has 23 heavy (non-hydrogen) atoms. The van der Waals surface area contributed by atoms with E-state index in [1.165, 1.54) is 12.1 Å². The first-order valence-corrected chi connectivity index (χ1v) is 7.08. The number of carbonyl (C=O) groups excluding carboxylic acids is 1. The Balaban J connectivity index is 2.15. The number of hydrogen-bond acceptors (Lipinski definition) is 3. The van der Waals surface area contributed by atoms with Crippen LogP contribution in [0.25, 0.3) is 5.52 Å². The maximum atomic E-state index is 12.9. The molecular weight excluding hydrogens is 294 g/mol. The number of nitrogens with zero attached hydrogens (tertiary/aromatic N) is 1. The van der Waals surface area contributed by atoms with Crippen molar-refractivity contribution in [1.82, 2.24) is 4.40 Å². The topological polar surface area (TPSA) is 68.0 Å². The van der Waals surface area contributed by atoms with Crippen LogP contribution < -0.4 is 0 Å². The lowest BCUT2D eigenvalue weighted by molar-refractivity contribution is 0.0697. The lowest BCUT2D eigenvalue weighted by Crippen LogP contribution is -2.09. The summed E-state index contributed by atoms with van der Waals surface area (Å²) < 4.78 is 6.98. The van der Waals surface area contributed by atoms with Gasteiger partial charge in [0.25, 0.3) is 0 Å². The smallest absolute Gasteiger partial charge is 0.335 e. The highest BCUT2D eigenvalue weighted by Gasteiger charge is 2.19. The Morgan fingerprint density at radius 3 is 2.61 bits per heavy atom. The molecule has 0 saturated heterocycles. The van der Waals surface area contributed by atoms with Crippen LogP contribution in [0.2, 0.25) is 0 Å². The first-order chi connectivity index (χ1) is 11.1. The molecule has 0 fully saturated rings. The van der Waals surface area contributed by atoms with Gasteiger partial charge in [-0.25, -0.2) is 4.79 Å². The Kier molecular flexibility index (Phi) is 3.95. The number of methoxy groups -OCH3 is 1. The van der Waals surface area contributed by atoms with Crippen LogP contribution in [0.5, 0.6) is 0 Å². The zero-order valence-electron chi connectivity index (χ0n) is 12.5. The van der Waals surface area contributed by atoms with E-state index in [0.717, 1.165) is 11.1 Å². The number of fused-ring (bicyclic) bond motifs is 1. The minimum Gasteiger partial charge on any atom is -0.478 e. The van der Waals surface area contributed by atoms with Gasteiger partial charge in [-0.3, -0.25) is 4.79 Å². The molecule has 0 unspecified atom stereocenters. The number of ether oxygens (including phenoxy) is 1. The van der Waals surface area contributed by atoms with Gasteiger partial charge in [0.05, 0.1) is 17.9 Å². The van der Waals surface area contributed by atoms with Crippen LogP contribution in [-0.2, 0) is 11.3 Å². The number of benzene rings is 1. The van der Waals surface area contributed by atoms with Crippen molar-refractivity contribution in [1.29, 1.82) is 0 Å². The third kappa shape index (κ3) is 2.74. The molecule has 0 aliphatic carbocycles. The van der Waals surface area contributed by atoms with Crippen LogP contribution in [0.15, 0.2) is 54.7 Å². The number of carboxylic acid groups (broad SMARTS) is 1. The number of rotatable bonds is 5. The highest BCUT2D eigenvalue weighted by atomic mass is 16.5. The van der Waals surface area contributed by atoms with Gasteiger partial charge in [0.15, 0.2) is 0 Å². The van der Waals surface area contributed by atoms with E-state index in [1.807, 2.05) is 30.5 Å². The number of aromatic carboxylic acids is 1. The van der Waals surface area contributed by atoms with Crippen LogP contribution in [0.3, 0.4) is 0 Å². The number of carbonyl (C=O) groups is 2. The molecule has 0 amide bonds. The van der Waals surface area contributed by atoms with E-state index >= 15 is 0 Å². The number of ketones is 1. The van der Waals surface area contributed by atoms with E-state index < -0.39 is 5.97 Å². The molecule has 2 aromatic heterocycles. The Bertz CT molecular complexity index is 895. The molecule has 0 spiro atoms. The monoisotopic (exact) mass is 309 g/mol. The molecule has 5 heteroatoms. The van der Waals surface area contributed by atoms with Crippen LogP contribution in [-0.4, -0.2) is 28.4 Å². The third-order valence-corrected chi connectivity index (χ3v) is 3.65. The van der Waals surface area contributed by atoms with Crippen molar-refractivity contribution >= 4 is 17.3 Å². The fourth-order valence-electron chi connectivity index (χ4n) is 2.63. The van der Waals surface area contributed by atoms with Crippen LogP contribution in [0.1, 0.15) is 32.0 Å². The number of carboxylic acids is 1. The summed E-state index contributed by atoms with van der Waals surface area (Å²) in [5.41, 5.74) is 2.57. The van der Waals surface area contributed by atoms with Crippen molar-refractivity contribution in [2.24, 2.45) is 0 Å². The standard InChI is InChI=1S/C18H15NO4/c1-23-11-14-10-15-7-2-3-8-19(15)16(14)17(20)12-5-4-6-13(9-12)18(21)22/h2-10H,11H2,1H3,(H,21,22). The average molecular weight is 309 g/mol. The molecule has 0 aliphatic heterocycles. The zero-order valence-corrected chi connectivity index (χ0v) is 12.5. The second-order valence-corrected chi connectivity index (χ2v) is 5.16. The first-order valence-electron chi connectivity index (χ1n) is 7.08. The van der Waals surface area contributed by atoms with Crippen molar-refractivity contribution in [3.05, 3.63) is 77.1 Å². The van der Waals surface area contributed by atoms with E-state index in [2.05, 4.69) is 0 Å². The minimum atomic E-state index is -1.06. The van der Waals surface area contributed by atoms with E-state index in [-0.39, 0.29) is 11.3 Å². The molecule has 0 radical (unpaired) electrons. The molecule has 1 N–H and O–H groups in total. The largest absolute Gasteiger partial charge is 0.478 e. The van der Waals surface area contributed by atoms with Gasteiger partial charge in [0.2, 0.25) is 5.78 Å². The Morgan fingerprint density at radius 2 is 1.87 bits per heavy atom.